The van der Waals surface area contributed by atoms with Gasteiger partial charge >= 0.3 is 6.36 Å². The maximum Gasteiger partial charge on any atom is 0.573 e. The Morgan fingerprint density at radius 2 is 1.62 bits per heavy atom. The number of anilines is 1. The summed E-state index contributed by atoms with van der Waals surface area (Å²) in [6.07, 6.45) is -4.82. The topological polar surface area (TPSA) is 84.5 Å². The quantitative estimate of drug-likeness (QED) is 0.699. The Kier molecular flexibility index (Phi) is 6.51. The highest BCUT2D eigenvalue weighted by molar-refractivity contribution is 7.89. The molecule has 11 heteroatoms. The first-order valence-corrected chi connectivity index (χ1v) is 10.0. The molecule has 2 aromatic carbocycles. The van der Waals surface area contributed by atoms with Crippen LogP contribution in [0.3, 0.4) is 0 Å². The fraction of sp³-hybridized carbons (Fsp3) is 0.278. The minimum atomic E-state index is -4.82. The number of ether oxygens (including phenoxy) is 1. The number of amides is 1. The Hall–Kier alpha value is -2.30. The molecule has 0 saturated heterocycles. The number of hydrogen-bond donors (Lipinski definition) is 2. The van der Waals surface area contributed by atoms with Crippen molar-refractivity contribution >= 4 is 33.2 Å². The number of benzene rings is 2. The predicted octanol–water partition coefficient (Wildman–Crippen LogP) is 4.57. The Labute approximate surface area is 171 Å². The first-order chi connectivity index (χ1) is 13.2. The summed E-state index contributed by atoms with van der Waals surface area (Å²) in [6, 6.07) is 8.22. The van der Waals surface area contributed by atoms with Crippen LogP contribution in [0.15, 0.2) is 47.4 Å². The van der Waals surface area contributed by atoms with Gasteiger partial charge in [0.05, 0.1) is 5.02 Å². The third-order valence-corrected chi connectivity index (χ3v) is 5.51. The highest BCUT2D eigenvalue weighted by Crippen LogP contribution is 2.26. The molecule has 0 aliphatic carbocycles. The first kappa shape index (κ1) is 23.0. The zero-order chi connectivity index (χ0) is 22.0. The second-order valence-corrected chi connectivity index (χ2v) is 9.09. The van der Waals surface area contributed by atoms with E-state index >= 15 is 0 Å². The maximum atomic E-state index is 12.5. The minimum Gasteiger partial charge on any atom is -0.406 e. The second kappa shape index (κ2) is 8.21. The van der Waals surface area contributed by atoms with Crippen LogP contribution in [0, 0.1) is 0 Å². The average Bonchev–Trinajstić information content (AvgIpc) is 2.53. The van der Waals surface area contributed by atoms with Gasteiger partial charge in [-0.15, -0.1) is 13.2 Å². The van der Waals surface area contributed by atoms with E-state index in [-0.39, 0.29) is 21.2 Å². The van der Waals surface area contributed by atoms with Crippen LogP contribution in [0.4, 0.5) is 18.9 Å². The number of rotatable bonds is 5. The summed E-state index contributed by atoms with van der Waals surface area (Å²) in [5.41, 5.74) is -0.572. The average molecular weight is 451 g/mol. The molecular formula is C18H18ClF3N2O4S. The molecule has 0 spiro atoms. The van der Waals surface area contributed by atoms with E-state index in [4.69, 9.17) is 11.6 Å². The third-order valence-electron chi connectivity index (χ3n) is 3.27. The number of halogens is 4. The number of hydrogen-bond acceptors (Lipinski definition) is 4. The lowest BCUT2D eigenvalue weighted by atomic mass is 10.1. The van der Waals surface area contributed by atoms with Crippen molar-refractivity contribution in [2.75, 3.05) is 5.32 Å². The van der Waals surface area contributed by atoms with Gasteiger partial charge in [0.15, 0.2) is 0 Å². The van der Waals surface area contributed by atoms with Crippen molar-refractivity contribution in [3.05, 3.63) is 53.1 Å². The minimum absolute atomic E-state index is 0.000646. The lowest BCUT2D eigenvalue weighted by Crippen LogP contribution is -2.40. The number of alkyl halides is 3. The largest absolute Gasteiger partial charge is 0.573 e. The lowest BCUT2D eigenvalue weighted by molar-refractivity contribution is -0.274. The molecule has 0 unspecified atom stereocenters. The molecule has 0 bridgehead atoms. The van der Waals surface area contributed by atoms with Gasteiger partial charge < -0.3 is 10.1 Å². The molecule has 0 aliphatic rings. The molecule has 0 fully saturated rings. The Balaban J connectivity index is 2.22. The Bertz CT molecular complexity index is 1000. The predicted molar refractivity (Wildman–Crippen MR) is 103 cm³/mol. The van der Waals surface area contributed by atoms with E-state index in [2.05, 4.69) is 14.8 Å². The molecule has 0 saturated carbocycles. The molecule has 0 radical (unpaired) electrons. The molecule has 0 heterocycles. The summed E-state index contributed by atoms with van der Waals surface area (Å²) in [5.74, 6) is -1.11. The Morgan fingerprint density at radius 3 is 2.14 bits per heavy atom. The highest BCUT2D eigenvalue weighted by Gasteiger charge is 2.31. The zero-order valence-corrected chi connectivity index (χ0v) is 17.2. The van der Waals surface area contributed by atoms with Crippen molar-refractivity contribution < 1.29 is 31.1 Å². The summed E-state index contributed by atoms with van der Waals surface area (Å²) in [6.45, 7) is 4.96. The normalized spacial score (nSPS) is 12.5. The van der Waals surface area contributed by atoms with Gasteiger partial charge in [-0.3, -0.25) is 4.79 Å². The van der Waals surface area contributed by atoms with E-state index in [1.165, 1.54) is 24.3 Å². The van der Waals surface area contributed by atoms with Gasteiger partial charge in [-0.1, -0.05) is 11.6 Å². The van der Waals surface area contributed by atoms with Crippen LogP contribution in [0.25, 0.3) is 0 Å². The standard InChI is InChI=1S/C18H18ClF3N2O4S/c1-17(2,3)24-29(26,27)15-10-11(4-9-14(15)19)16(25)23-12-5-7-13(8-6-12)28-18(20,21)22/h4-10,24H,1-3H3,(H,23,25). The van der Waals surface area contributed by atoms with Crippen LogP contribution in [0.2, 0.25) is 5.02 Å². The van der Waals surface area contributed by atoms with Crippen LogP contribution in [0.5, 0.6) is 5.75 Å². The van der Waals surface area contributed by atoms with E-state index in [0.29, 0.717) is 0 Å². The van der Waals surface area contributed by atoms with Gasteiger partial charge in [-0.25, -0.2) is 13.1 Å². The van der Waals surface area contributed by atoms with E-state index in [9.17, 15) is 26.4 Å². The highest BCUT2D eigenvalue weighted by atomic mass is 35.5. The lowest BCUT2D eigenvalue weighted by Gasteiger charge is -2.21. The molecule has 2 N–H and O–H groups in total. The number of carbonyl (C=O) groups is 1. The van der Waals surface area contributed by atoms with E-state index in [1.54, 1.807) is 20.8 Å². The molecule has 158 valence electrons. The summed E-state index contributed by atoms with van der Waals surface area (Å²) >= 11 is 5.99. The van der Waals surface area contributed by atoms with Crippen LogP contribution in [-0.4, -0.2) is 26.2 Å². The maximum absolute atomic E-state index is 12.5. The monoisotopic (exact) mass is 450 g/mol. The number of sulfonamides is 1. The SMILES string of the molecule is CC(C)(C)NS(=O)(=O)c1cc(C(=O)Nc2ccc(OC(F)(F)F)cc2)ccc1Cl. The van der Waals surface area contributed by atoms with Gasteiger partial charge in [0.1, 0.15) is 10.6 Å². The number of carbonyl (C=O) groups excluding carboxylic acids is 1. The van der Waals surface area contributed by atoms with Gasteiger partial charge in [0, 0.05) is 16.8 Å². The van der Waals surface area contributed by atoms with Crippen LogP contribution in [0.1, 0.15) is 31.1 Å². The van der Waals surface area contributed by atoms with Crippen molar-refractivity contribution in [2.24, 2.45) is 0 Å². The molecule has 2 aromatic rings. The molecule has 0 atom stereocenters. The third kappa shape index (κ3) is 6.91. The molecule has 6 nitrogen and oxygen atoms in total. The summed E-state index contributed by atoms with van der Waals surface area (Å²) in [7, 11) is -3.99. The van der Waals surface area contributed by atoms with Gasteiger partial charge in [0.25, 0.3) is 5.91 Å². The van der Waals surface area contributed by atoms with Crippen molar-refractivity contribution in [2.45, 2.75) is 37.6 Å². The molecule has 29 heavy (non-hydrogen) atoms. The van der Waals surface area contributed by atoms with Crippen molar-refractivity contribution in [3.63, 3.8) is 0 Å². The van der Waals surface area contributed by atoms with Gasteiger partial charge in [-0.2, -0.15) is 0 Å². The Morgan fingerprint density at radius 1 is 1.03 bits per heavy atom. The van der Waals surface area contributed by atoms with Gasteiger partial charge in [-0.05, 0) is 63.2 Å². The molecule has 1 amide bonds. The molecular weight excluding hydrogens is 433 g/mol. The van der Waals surface area contributed by atoms with Gasteiger partial charge in [0.2, 0.25) is 10.0 Å². The molecule has 0 aliphatic heterocycles. The fourth-order valence-electron chi connectivity index (χ4n) is 2.25. The fourth-order valence-corrected chi connectivity index (χ4v) is 4.20. The molecule has 2 rings (SSSR count). The summed E-state index contributed by atoms with van der Waals surface area (Å²) in [5, 5.41) is 2.40. The van der Waals surface area contributed by atoms with Crippen molar-refractivity contribution in [1.29, 1.82) is 0 Å². The first-order valence-electron chi connectivity index (χ1n) is 8.17. The van der Waals surface area contributed by atoms with Crippen LogP contribution in [-0.2, 0) is 10.0 Å². The van der Waals surface area contributed by atoms with Crippen molar-refractivity contribution in [1.82, 2.24) is 4.72 Å². The van der Waals surface area contributed by atoms with E-state index < -0.39 is 33.6 Å². The van der Waals surface area contributed by atoms with E-state index in [0.717, 1.165) is 18.2 Å². The smallest absolute Gasteiger partial charge is 0.406 e. The van der Waals surface area contributed by atoms with Crippen LogP contribution < -0.4 is 14.8 Å². The zero-order valence-electron chi connectivity index (χ0n) is 15.6. The van der Waals surface area contributed by atoms with Crippen LogP contribution >= 0.6 is 11.6 Å². The van der Waals surface area contributed by atoms with Crippen molar-refractivity contribution in [3.8, 4) is 5.75 Å². The second-order valence-electron chi connectivity index (χ2n) is 7.03. The number of nitrogens with one attached hydrogen (secondary N) is 2. The molecule has 0 aromatic heterocycles. The summed E-state index contributed by atoms with van der Waals surface area (Å²) < 4.78 is 67.8. The van der Waals surface area contributed by atoms with E-state index in [1.807, 2.05) is 0 Å². The summed E-state index contributed by atoms with van der Waals surface area (Å²) in [4.78, 5) is 12.2.